The lowest BCUT2D eigenvalue weighted by atomic mass is 10.1. The van der Waals surface area contributed by atoms with Gasteiger partial charge in [0.15, 0.2) is 0 Å². The number of ether oxygens (including phenoxy) is 1. The number of hydrogen-bond acceptors (Lipinski definition) is 2. The molecule has 1 amide bonds. The highest BCUT2D eigenvalue weighted by molar-refractivity contribution is 5.76. The number of amides is 1. The Hall–Kier alpha value is -1.58. The third-order valence-electron chi connectivity index (χ3n) is 3.69. The highest BCUT2D eigenvalue weighted by Crippen LogP contribution is 2.24. The maximum absolute atomic E-state index is 12.7. The van der Waals surface area contributed by atoms with Crippen LogP contribution < -0.4 is 10.1 Å². The van der Waals surface area contributed by atoms with Crippen LogP contribution in [0.3, 0.4) is 0 Å². The second-order valence-electron chi connectivity index (χ2n) is 5.59. The van der Waals surface area contributed by atoms with Crippen LogP contribution in [-0.4, -0.2) is 18.6 Å². The van der Waals surface area contributed by atoms with Gasteiger partial charge in [-0.25, -0.2) is 4.39 Å². The summed E-state index contributed by atoms with van der Waals surface area (Å²) in [6.45, 7) is 2.70. The van der Waals surface area contributed by atoms with Crippen molar-refractivity contribution in [3.05, 3.63) is 30.1 Å². The summed E-state index contributed by atoms with van der Waals surface area (Å²) in [6, 6.07) is 6.27. The minimum atomic E-state index is -0.275. The standard InChI is InChI=1S/C16H22FNO2/c1-12-4-7-14(11-12)18-16(19)3-2-10-20-15-8-5-13(17)6-9-15/h5-6,8-9,12,14H,2-4,7,10-11H2,1H3,(H,18,19). The summed E-state index contributed by atoms with van der Waals surface area (Å²) in [7, 11) is 0. The van der Waals surface area contributed by atoms with Gasteiger partial charge in [-0.05, 0) is 55.9 Å². The topological polar surface area (TPSA) is 38.3 Å². The summed E-state index contributed by atoms with van der Waals surface area (Å²) in [5.74, 6) is 1.19. The van der Waals surface area contributed by atoms with Gasteiger partial charge in [-0.15, -0.1) is 0 Å². The Bertz CT molecular complexity index is 433. The Labute approximate surface area is 119 Å². The van der Waals surface area contributed by atoms with Crippen LogP contribution in [0.1, 0.15) is 39.0 Å². The SMILES string of the molecule is CC1CCC(NC(=O)CCCOc2ccc(F)cc2)C1. The fraction of sp³-hybridized carbons (Fsp3) is 0.562. The molecule has 20 heavy (non-hydrogen) atoms. The van der Waals surface area contributed by atoms with E-state index in [0.29, 0.717) is 31.2 Å². The first-order chi connectivity index (χ1) is 9.63. The molecule has 2 atom stereocenters. The van der Waals surface area contributed by atoms with Crippen LogP contribution in [0.2, 0.25) is 0 Å². The number of hydrogen-bond donors (Lipinski definition) is 1. The molecule has 0 aromatic heterocycles. The summed E-state index contributed by atoms with van der Waals surface area (Å²) in [5, 5.41) is 3.07. The Morgan fingerprint density at radius 1 is 1.35 bits per heavy atom. The minimum Gasteiger partial charge on any atom is -0.494 e. The lowest BCUT2D eigenvalue weighted by Crippen LogP contribution is -2.32. The maximum atomic E-state index is 12.7. The van der Waals surface area contributed by atoms with Crippen LogP contribution in [0.25, 0.3) is 0 Å². The molecule has 1 N–H and O–H groups in total. The van der Waals surface area contributed by atoms with Crippen LogP contribution in [-0.2, 0) is 4.79 Å². The van der Waals surface area contributed by atoms with Gasteiger partial charge >= 0.3 is 0 Å². The van der Waals surface area contributed by atoms with Gasteiger partial charge in [-0.2, -0.15) is 0 Å². The van der Waals surface area contributed by atoms with Crippen LogP contribution in [0.15, 0.2) is 24.3 Å². The molecule has 1 aliphatic rings. The van der Waals surface area contributed by atoms with E-state index in [1.165, 1.54) is 18.6 Å². The molecule has 1 fully saturated rings. The quantitative estimate of drug-likeness (QED) is 0.811. The zero-order valence-corrected chi connectivity index (χ0v) is 11.9. The van der Waals surface area contributed by atoms with E-state index in [-0.39, 0.29) is 11.7 Å². The Morgan fingerprint density at radius 2 is 2.10 bits per heavy atom. The second kappa shape index (κ2) is 7.27. The van der Waals surface area contributed by atoms with Crippen molar-refractivity contribution in [1.82, 2.24) is 5.32 Å². The third kappa shape index (κ3) is 4.83. The molecule has 110 valence electrons. The number of carbonyl (C=O) groups is 1. The number of halogens is 1. The van der Waals surface area contributed by atoms with Crippen molar-refractivity contribution < 1.29 is 13.9 Å². The summed E-state index contributed by atoms with van der Waals surface area (Å²) >= 11 is 0. The number of benzene rings is 1. The summed E-state index contributed by atoms with van der Waals surface area (Å²) in [5.41, 5.74) is 0. The van der Waals surface area contributed by atoms with E-state index in [1.807, 2.05) is 0 Å². The average Bonchev–Trinajstić information content (AvgIpc) is 2.82. The first kappa shape index (κ1) is 14.8. The van der Waals surface area contributed by atoms with Gasteiger partial charge in [-0.1, -0.05) is 6.92 Å². The molecule has 2 unspecified atom stereocenters. The number of nitrogens with one attached hydrogen (secondary N) is 1. The smallest absolute Gasteiger partial charge is 0.220 e. The van der Waals surface area contributed by atoms with Gasteiger partial charge in [0.2, 0.25) is 5.91 Å². The fourth-order valence-electron chi connectivity index (χ4n) is 2.59. The molecule has 3 nitrogen and oxygen atoms in total. The average molecular weight is 279 g/mol. The Balaban J connectivity index is 1.58. The van der Waals surface area contributed by atoms with Crippen molar-refractivity contribution in [1.29, 1.82) is 0 Å². The molecule has 2 rings (SSSR count). The molecule has 1 aromatic rings. The molecule has 0 radical (unpaired) electrons. The van der Waals surface area contributed by atoms with Gasteiger partial charge in [-0.3, -0.25) is 4.79 Å². The summed E-state index contributed by atoms with van der Waals surface area (Å²) in [4.78, 5) is 11.7. The van der Waals surface area contributed by atoms with E-state index in [0.717, 1.165) is 18.8 Å². The molecule has 4 heteroatoms. The molecule has 1 aliphatic carbocycles. The molecule has 1 saturated carbocycles. The molecule has 0 spiro atoms. The zero-order valence-electron chi connectivity index (χ0n) is 11.9. The van der Waals surface area contributed by atoms with E-state index in [4.69, 9.17) is 4.74 Å². The van der Waals surface area contributed by atoms with Crippen molar-refractivity contribution in [2.75, 3.05) is 6.61 Å². The van der Waals surface area contributed by atoms with E-state index in [1.54, 1.807) is 12.1 Å². The summed E-state index contributed by atoms with van der Waals surface area (Å²) in [6.07, 6.45) is 4.55. The van der Waals surface area contributed by atoms with E-state index < -0.39 is 0 Å². The van der Waals surface area contributed by atoms with Crippen LogP contribution >= 0.6 is 0 Å². The molecule has 0 aliphatic heterocycles. The molecular formula is C16H22FNO2. The molecule has 0 heterocycles. The minimum absolute atomic E-state index is 0.104. The predicted molar refractivity (Wildman–Crippen MR) is 76.1 cm³/mol. The van der Waals surface area contributed by atoms with Crippen LogP contribution in [0, 0.1) is 11.7 Å². The van der Waals surface area contributed by atoms with Crippen molar-refractivity contribution in [2.24, 2.45) is 5.92 Å². The van der Waals surface area contributed by atoms with Gasteiger partial charge in [0.1, 0.15) is 11.6 Å². The van der Waals surface area contributed by atoms with Gasteiger partial charge in [0.05, 0.1) is 6.61 Å². The molecule has 1 aromatic carbocycles. The molecule has 0 saturated heterocycles. The van der Waals surface area contributed by atoms with Crippen molar-refractivity contribution >= 4 is 5.91 Å². The largest absolute Gasteiger partial charge is 0.494 e. The van der Waals surface area contributed by atoms with E-state index in [2.05, 4.69) is 12.2 Å². The van der Waals surface area contributed by atoms with Crippen molar-refractivity contribution in [3.8, 4) is 5.75 Å². The van der Waals surface area contributed by atoms with Gasteiger partial charge < -0.3 is 10.1 Å². The Morgan fingerprint density at radius 3 is 2.75 bits per heavy atom. The molecular weight excluding hydrogens is 257 g/mol. The first-order valence-electron chi connectivity index (χ1n) is 7.31. The van der Waals surface area contributed by atoms with E-state index in [9.17, 15) is 9.18 Å². The normalized spacial score (nSPS) is 21.7. The highest BCUT2D eigenvalue weighted by Gasteiger charge is 2.22. The lowest BCUT2D eigenvalue weighted by molar-refractivity contribution is -0.122. The van der Waals surface area contributed by atoms with Crippen LogP contribution in [0.4, 0.5) is 4.39 Å². The van der Waals surface area contributed by atoms with Gasteiger partial charge in [0.25, 0.3) is 0 Å². The monoisotopic (exact) mass is 279 g/mol. The second-order valence-corrected chi connectivity index (χ2v) is 5.59. The van der Waals surface area contributed by atoms with Gasteiger partial charge in [0, 0.05) is 12.5 Å². The van der Waals surface area contributed by atoms with E-state index >= 15 is 0 Å². The molecule has 0 bridgehead atoms. The fourth-order valence-corrected chi connectivity index (χ4v) is 2.59. The third-order valence-corrected chi connectivity index (χ3v) is 3.69. The first-order valence-corrected chi connectivity index (χ1v) is 7.31. The lowest BCUT2D eigenvalue weighted by Gasteiger charge is -2.12. The number of rotatable bonds is 6. The zero-order chi connectivity index (χ0) is 14.4. The van der Waals surface area contributed by atoms with Crippen molar-refractivity contribution in [2.45, 2.75) is 45.1 Å². The number of carbonyl (C=O) groups excluding carboxylic acids is 1. The van der Waals surface area contributed by atoms with Crippen molar-refractivity contribution in [3.63, 3.8) is 0 Å². The maximum Gasteiger partial charge on any atom is 0.220 e. The highest BCUT2D eigenvalue weighted by atomic mass is 19.1. The van der Waals surface area contributed by atoms with Crippen LogP contribution in [0.5, 0.6) is 5.75 Å². The Kier molecular flexibility index (Phi) is 5.39. The summed E-state index contributed by atoms with van der Waals surface area (Å²) < 4.78 is 18.1. The predicted octanol–water partition coefficient (Wildman–Crippen LogP) is 3.29.